The highest BCUT2D eigenvalue weighted by atomic mass is 16.6. The Morgan fingerprint density at radius 3 is 2.50 bits per heavy atom. The van der Waals surface area contributed by atoms with E-state index in [1.807, 2.05) is 27.7 Å². The summed E-state index contributed by atoms with van der Waals surface area (Å²) < 4.78 is 10.5. The number of ether oxygens (including phenoxy) is 2. The van der Waals surface area contributed by atoms with Crippen LogP contribution in [0.2, 0.25) is 0 Å². The van der Waals surface area contributed by atoms with Crippen LogP contribution in [0.15, 0.2) is 0 Å². The summed E-state index contributed by atoms with van der Waals surface area (Å²) in [6.45, 7) is 8.91. The Hall–Kier alpha value is -1.10. The number of rotatable bonds is 6. The van der Waals surface area contributed by atoms with Gasteiger partial charge in [0.05, 0.1) is 0 Å². The predicted molar refractivity (Wildman–Crippen MR) is 85.5 cm³/mol. The average molecular weight is 313 g/mol. The van der Waals surface area contributed by atoms with Crippen LogP contribution < -0.4 is 0 Å². The van der Waals surface area contributed by atoms with Crippen LogP contribution in [-0.4, -0.2) is 48.7 Å². The van der Waals surface area contributed by atoms with Crippen LogP contribution in [0.1, 0.15) is 59.8 Å². The van der Waals surface area contributed by atoms with Crippen molar-refractivity contribution in [1.29, 1.82) is 0 Å². The van der Waals surface area contributed by atoms with Gasteiger partial charge in [0.2, 0.25) is 5.91 Å². The number of hydrogen-bond acceptors (Lipinski definition) is 4. The minimum atomic E-state index is -0.526. The number of piperidine rings is 1. The molecule has 0 aromatic rings. The number of unbranched alkanes of at least 4 members (excludes halogenated alkanes) is 1. The highest BCUT2D eigenvalue weighted by Crippen LogP contribution is 2.26. The molecule has 22 heavy (non-hydrogen) atoms. The highest BCUT2D eigenvalue weighted by Gasteiger charge is 2.39. The van der Waals surface area contributed by atoms with Gasteiger partial charge in [-0.15, -0.1) is 0 Å². The second-order valence-electron chi connectivity index (χ2n) is 7.13. The monoisotopic (exact) mass is 313 g/mol. The lowest BCUT2D eigenvalue weighted by Gasteiger charge is -2.39. The summed E-state index contributed by atoms with van der Waals surface area (Å²) in [6, 6.07) is -0.442. The first-order valence-corrected chi connectivity index (χ1v) is 8.27. The van der Waals surface area contributed by atoms with Crippen molar-refractivity contribution in [2.45, 2.75) is 71.4 Å². The molecule has 1 fully saturated rings. The molecule has 128 valence electrons. The zero-order valence-corrected chi connectivity index (χ0v) is 14.7. The first kappa shape index (κ1) is 18.9. The molecular weight excluding hydrogens is 282 g/mol. The summed E-state index contributed by atoms with van der Waals surface area (Å²) in [6.07, 6.45) is 4.03. The normalized spacial score (nSPS) is 22.5. The van der Waals surface area contributed by atoms with Crippen molar-refractivity contribution >= 4 is 11.9 Å². The number of likely N-dealkylation sites (tertiary alicyclic amines) is 1. The molecule has 1 amide bonds. The molecule has 1 aliphatic rings. The van der Waals surface area contributed by atoms with Gasteiger partial charge in [-0.3, -0.25) is 4.79 Å². The Bertz CT molecular complexity index is 375. The van der Waals surface area contributed by atoms with E-state index in [-0.39, 0.29) is 17.8 Å². The summed E-state index contributed by atoms with van der Waals surface area (Å²) in [5.74, 6) is -0.0741. The molecule has 0 aromatic heterocycles. The summed E-state index contributed by atoms with van der Waals surface area (Å²) >= 11 is 0. The Morgan fingerprint density at radius 1 is 1.23 bits per heavy atom. The number of carbonyl (C=O) groups excluding carboxylic acids is 2. The van der Waals surface area contributed by atoms with Gasteiger partial charge in [0, 0.05) is 26.7 Å². The van der Waals surface area contributed by atoms with E-state index in [1.165, 1.54) is 0 Å². The minimum Gasteiger partial charge on any atom is -0.458 e. The summed E-state index contributed by atoms with van der Waals surface area (Å²) in [7, 11) is 1.66. The van der Waals surface area contributed by atoms with Gasteiger partial charge < -0.3 is 14.4 Å². The van der Waals surface area contributed by atoms with E-state index in [0.29, 0.717) is 19.6 Å². The topological polar surface area (TPSA) is 55.8 Å². The average Bonchev–Trinajstić information content (AvgIpc) is 2.41. The molecule has 1 saturated heterocycles. The molecule has 0 saturated carbocycles. The van der Waals surface area contributed by atoms with Crippen LogP contribution in [0.5, 0.6) is 0 Å². The first-order valence-electron chi connectivity index (χ1n) is 8.27. The molecule has 0 radical (unpaired) electrons. The quantitative estimate of drug-likeness (QED) is 0.559. The lowest BCUT2D eigenvalue weighted by Crippen LogP contribution is -2.53. The third-order valence-electron chi connectivity index (χ3n) is 3.89. The summed E-state index contributed by atoms with van der Waals surface area (Å²) in [5, 5.41) is 0. The zero-order chi connectivity index (χ0) is 16.8. The number of amides is 1. The molecule has 0 aromatic carbocycles. The Labute approximate surface area is 134 Å². The van der Waals surface area contributed by atoms with Crippen LogP contribution in [0.3, 0.4) is 0 Å². The van der Waals surface area contributed by atoms with E-state index in [4.69, 9.17) is 9.47 Å². The molecule has 1 rings (SSSR count). The van der Waals surface area contributed by atoms with E-state index >= 15 is 0 Å². The molecule has 1 heterocycles. The van der Waals surface area contributed by atoms with Gasteiger partial charge in [0.1, 0.15) is 11.6 Å². The fourth-order valence-corrected chi connectivity index (χ4v) is 2.86. The molecule has 1 aliphatic heterocycles. The number of hydrogen-bond donors (Lipinski definition) is 0. The van der Waals surface area contributed by atoms with Crippen molar-refractivity contribution in [2.24, 2.45) is 5.92 Å². The molecular formula is C17H31NO4. The van der Waals surface area contributed by atoms with Crippen LogP contribution in [0.4, 0.5) is 0 Å². The third kappa shape index (κ3) is 5.95. The van der Waals surface area contributed by atoms with Crippen molar-refractivity contribution in [1.82, 2.24) is 4.90 Å². The minimum absolute atomic E-state index is 0.0542. The van der Waals surface area contributed by atoms with Gasteiger partial charge in [0.15, 0.2) is 0 Å². The van der Waals surface area contributed by atoms with Crippen LogP contribution in [0, 0.1) is 5.92 Å². The van der Waals surface area contributed by atoms with Crippen molar-refractivity contribution in [3.8, 4) is 0 Å². The van der Waals surface area contributed by atoms with Gasteiger partial charge in [-0.2, -0.15) is 0 Å². The van der Waals surface area contributed by atoms with Crippen molar-refractivity contribution < 1.29 is 19.1 Å². The molecule has 0 spiro atoms. The van der Waals surface area contributed by atoms with Crippen LogP contribution in [0.25, 0.3) is 0 Å². The van der Waals surface area contributed by atoms with Gasteiger partial charge in [-0.05, 0) is 52.4 Å². The molecule has 0 aliphatic carbocycles. The first-order chi connectivity index (χ1) is 10.3. The second kappa shape index (κ2) is 8.51. The molecule has 0 bridgehead atoms. The second-order valence-corrected chi connectivity index (χ2v) is 7.13. The molecule has 2 atom stereocenters. The highest BCUT2D eigenvalue weighted by molar-refractivity contribution is 5.85. The maximum absolute atomic E-state index is 12.5. The summed E-state index contributed by atoms with van der Waals surface area (Å²) in [5.41, 5.74) is -0.526. The fraction of sp³-hybridized carbons (Fsp3) is 0.882. The Kier molecular flexibility index (Phi) is 7.33. The van der Waals surface area contributed by atoms with Crippen LogP contribution >= 0.6 is 0 Å². The number of methoxy groups -OCH3 is 1. The maximum atomic E-state index is 12.5. The lowest BCUT2D eigenvalue weighted by molar-refractivity contribution is -0.169. The maximum Gasteiger partial charge on any atom is 0.329 e. The lowest BCUT2D eigenvalue weighted by atomic mass is 9.90. The number of carbonyl (C=O) groups is 2. The van der Waals surface area contributed by atoms with E-state index < -0.39 is 11.6 Å². The Morgan fingerprint density at radius 2 is 1.91 bits per heavy atom. The van der Waals surface area contributed by atoms with E-state index in [1.54, 1.807) is 12.0 Å². The van der Waals surface area contributed by atoms with Crippen molar-refractivity contribution in [2.75, 3.05) is 20.3 Å². The standard InChI is InChI=1S/C17H31NO4/c1-13-9-8-11-18(14(19)10-6-7-12-21-5)15(13)16(20)22-17(2,3)4/h13,15H,6-12H2,1-5H3. The predicted octanol–water partition coefficient (Wildman–Crippen LogP) is 2.77. The van der Waals surface area contributed by atoms with Crippen molar-refractivity contribution in [3.63, 3.8) is 0 Å². The van der Waals surface area contributed by atoms with Gasteiger partial charge in [0.25, 0.3) is 0 Å². The van der Waals surface area contributed by atoms with E-state index in [9.17, 15) is 9.59 Å². The molecule has 0 N–H and O–H groups in total. The largest absolute Gasteiger partial charge is 0.458 e. The van der Waals surface area contributed by atoms with Gasteiger partial charge in [-0.25, -0.2) is 4.79 Å². The fourth-order valence-electron chi connectivity index (χ4n) is 2.86. The summed E-state index contributed by atoms with van der Waals surface area (Å²) in [4.78, 5) is 26.7. The molecule has 5 nitrogen and oxygen atoms in total. The van der Waals surface area contributed by atoms with E-state index in [0.717, 1.165) is 25.7 Å². The van der Waals surface area contributed by atoms with Gasteiger partial charge in [-0.1, -0.05) is 6.92 Å². The SMILES string of the molecule is COCCCCC(=O)N1CCCC(C)C1C(=O)OC(C)(C)C. The number of esters is 1. The molecule has 2 unspecified atom stereocenters. The molecule has 5 heteroatoms. The van der Waals surface area contributed by atoms with Gasteiger partial charge >= 0.3 is 5.97 Å². The van der Waals surface area contributed by atoms with Crippen LogP contribution in [-0.2, 0) is 19.1 Å². The van der Waals surface area contributed by atoms with E-state index in [2.05, 4.69) is 0 Å². The third-order valence-corrected chi connectivity index (χ3v) is 3.89. The Balaban J connectivity index is 2.68. The van der Waals surface area contributed by atoms with Crippen molar-refractivity contribution in [3.05, 3.63) is 0 Å². The smallest absolute Gasteiger partial charge is 0.329 e. The number of nitrogens with zero attached hydrogens (tertiary/aromatic N) is 1. The zero-order valence-electron chi connectivity index (χ0n) is 14.7.